The van der Waals surface area contributed by atoms with E-state index in [9.17, 15) is 8.42 Å². The largest absolute Gasteiger partial charge is 0.311 e. The van der Waals surface area contributed by atoms with E-state index in [0.29, 0.717) is 11.5 Å². The van der Waals surface area contributed by atoms with E-state index in [1.54, 1.807) is 0 Å². The molecule has 0 aromatic rings. The predicted octanol–water partition coefficient (Wildman–Crippen LogP) is 0.493. The molecule has 5 heteroatoms. The minimum Gasteiger partial charge on any atom is -0.311 e. The van der Waals surface area contributed by atoms with Gasteiger partial charge in [0.05, 0.1) is 11.5 Å². The Kier molecular flexibility index (Phi) is 4.37. The standard InChI is InChI=1S/C11H24N2O2S/c1-11(2,3)12-6-7-13(4)10-5-8-16(14,15)9-10/h10,12H,5-9H2,1-4H3. The molecule has 0 aliphatic carbocycles. The molecule has 0 bridgehead atoms. The highest BCUT2D eigenvalue weighted by molar-refractivity contribution is 7.91. The van der Waals surface area contributed by atoms with Crippen LogP contribution in [-0.4, -0.2) is 56.5 Å². The van der Waals surface area contributed by atoms with Gasteiger partial charge in [-0.25, -0.2) is 8.42 Å². The molecule has 0 amide bonds. The zero-order valence-electron chi connectivity index (χ0n) is 10.8. The molecular formula is C11H24N2O2S. The molecule has 0 aromatic heterocycles. The molecule has 16 heavy (non-hydrogen) atoms. The number of likely N-dealkylation sites (N-methyl/N-ethyl adjacent to an activating group) is 1. The number of hydrogen-bond donors (Lipinski definition) is 1. The predicted molar refractivity (Wildman–Crippen MR) is 67.4 cm³/mol. The van der Waals surface area contributed by atoms with Crippen molar-refractivity contribution < 1.29 is 8.42 Å². The van der Waals surface area contributed by atoms with E-state index in [2.05, 4.69) is 31.0 Å². The molecule has 96 valence electrons. The third-order valence-corrected chi connectivity index (χ3v) is 4.70. The minimum absolute atomic E-state index is 0.128. The molecule has 1 N–H and O–H groups in total. The number of nitrogens with zero attached hydrogens (tertiary/aromatic N) is 1. The summed E-state index contributed by atoms with van der Waals surface area (Å²) in [5, 5.41) is 3.41. The van der Waals surface area contributed by atoms with Gasteiger partial charge >= 0.3 is 0 Å². The molecule has 1 aliphatic rings. The number of nitrogens with one attached hydrogen (secondary N) is 1. The maximum absolute atomic E-state index is 11.3. The first-order valence-corrected chi connectivity index (χ1v) is 7.67. The fourth-order valence-electron chi connectivity index (χ4n) is 1.91. The highest BCUT2D eigenvalue weighted by Gasteiger charge is 2.30. The first-order chi connectivity index (χ1) is 7.20. The highest BCUT2D eigenvalue weighted by Crippen LogP contribution is 2.15. The number of rotatable bonds is 4. The van der Waals surface area contributed by atoms with E-state index < -0.39 is 9.84 Å². The normalized spacial score (nSPS) is 25.2. The second-order valence-electron chi connectivity index (χ2n) is 5.71. The van der Waals surface area contributed by atoms with Crippen molar-refractivity contribution in [1.82, 2.24) is 10.2 Å². The van der Waals surface area contributed by atoms with Crippen molar-refractivity contribution in [2.75, 3.05) is 31.6 Å². The summed E-state index contributed by atoms with van der Waals surface area (Å²) in [6.45, 7) is 8.20. The van der Waals surface area contributed by atoms with Crippen LogP contribution in [0.5, 0.6) is 0 Å². The van der Waals surface area contributed by atoms with Crippen LogP contribution in [0.3, 0.4) is 0 Å². The van der Waals surface area contributed by atoms with Crippen molar-refractivity contribution in [3.8, 4) is 0 Å². The van der Waals surface area contributed by atoms with E-state index in [1.165, 1.54) is 0 Å². The zero-order chi connectivity index (χ0) is 12.4. The first kappa shape index (κ1) is 13.9. The van der Waals surface area contributed by atoms with Crippen molar-refractivity contribution in [3.05, 3.63) is 0 Å². The summed E-state index contributed by atoms with van der Waals surface area (Å²) < 4.78 is 22.7. The second-order valence-corrected chi connectivity index (χ2v) is 7.94. The van der Waals surface area contributed by atoms with Gasteiger partial charge in [0.15, 0.2) is 9.84 Å². The number of hydrogen-bond acceptors (Lipinski definition) is 4. The van der Waals surface area contributed by atoms with Gasteiger partial charge in [-0.05, 0) is 34.2 Å². The monoisotopic (exact) mass is 248 g/mol. The van der Waals surface area contributed by atoms with Gasteiger partial charge < -0.3 is 10.2 Å². The Morgan fingerprint density at radius 2 is 2.00 bits per heavy atom. The van der Waals surface area contributed by atoms with Gasteiger partial charge in [-0.1, -0.05) is 0 Å². The average Bonchev–Trinajstić information content (AvgIpc) is 2.43. The summed E-state index contributed by atoms with van der Waals surface area (Å²) in [6.07, 6.45) is 0.786. The first-order valence-electron chi connectivity index (χ1n) is 5.85. The Morgan fingerprint density at radius 3 is 2.44 bits per heavy atom. The van der Waals surface area contributed by atoms with Crippen LogP contribution in [0.1, 0.15) is 27.2 Å². The molecule has 1 unspecified atom stereocenters. The molecule has 0 saturated carbocycles. The maximum Gasteiger partial charge on any atom is 0.151 e. The van der Waals surface area contributed by atoms with Crippen molar-refractivity contribution in [1.29, 1.82) is 0 Å². The second kappa shape index (κ2) is 5.02. The van der Waals surface area contributed by atoms with E-state index in [0.717, 1.165) is 19.5 Å². The Labute approximate surface area is 99.3 Å². The van der Waals surface area contributed by atoms with Crippen LogP contribution in [0, 0.1) is 0 Å². The van der Waals surface area contributed by atoms with Crippen LogP contribution >= 0.6 is 0 Å². The molecule has 1 saturated heterocycles. The van der Waals surface area contributed by atoms with Crippen molar-refractivity contribution in [2.24, 2.45) is 0 Å². The van der Waals surface area contributed by atoms with Crippen molar-refractivity contribution >= 4 is 9.84 Å². The van der Waals surface area contributed by atoms with Crippen molar-refractivity contribution in [2.45, 2.75) is 38.8 Å². The molecule has 0 spiro atoms. The average molecular weight is 248 g/mol. The summed E-state index contributed by atoms with van der Waals surface area (Å²) in [5.41, 5.74) is 0.128. The van der Waals surface area contributed by atoms with Crippen LogP contribution in [0.2, 0.25) is 0 Å². The van der Waals surface area contributed by atoms with E-state index in [-0.39, 0.29) is 11.6 Å². The van der Waals surface area contributed by atoms with Crippen LogP contribution in [0.25, 0.3) is 0 Å². The van der Waals surface area contributed by atoms with Gasteiger partial charge in [0.1, 0.15) is 0 Å². The van der Waals surface area contributed by atoms with Crippen LogP contribution < -0.4 is 5.32 Å². The van der Waals surface area contributed by atoms with Crippen molar-refractivity contribution in [3.63, 3.8) is 0 Å². The van der Waals surface area contributed by atoms with E-state index in [1.807, 2.05) is 7.05 Å². The fraction of sp³-hybridized carbons (Fsp3) is 1.00. The van der Waals surface area contributed by atoms with E-state index in [4.69, 9.17) is 0 Å². The summed E-state index contributed by atoms with van der Waals surface area (Å²) in [4.78, 5) is 2.16. The Hall–Kier alpha value is -0.130. The summed E-state index contributed by atoms with van der Waals surface area (Å²) in [6, 6.07) is 0.215. The van der Waals surface area contributed by atoms with E-state index >= 15 is 0 Å². The lowest BCUT2D eigenvalue weighted by molar-refractivity contribution is 0.251. The van der Waals surface area contributed by atoms with Gasteiger partial charge in [0.25, 0.3) is 0 Å². The lowest BCUT2D eigenvalue weighted by Gasteiger charge is -2.26. The molecule has 1 fully saturated rings. The van der Waals surface area contributed by atoms with Crippen LogP contribution in [0.15, 0.2) is 0 Å². The quantitative estimate of drug-likeness (QED) is 0.787. The zero-order valence-corrected chi connectivity index (χ0v) is 11.6. The summed E-state index contributed by atoms with van der Waals surface area (Å²) in [5.74, 6) is 0.688. The topological polar surface area (TPSA) is 49.4 Å². The SMILES string of the molecule is CN(CCNC(C)(C)C)C1CCS(=O)(=O)C1. The third kappa shape index (κ3) is 4.80. The number of sulfone groups is 1. The lowest BCUT2D eigenvalue weighted by Crippen LogP contribution is -2.43. The molecule has 1 atom stereocenters. The molecule has 1 aliphatic heterocycles. The molecule has 1 heterocycles. The molecule has 0 aromatic carbocycles. The maximum atomic E-state index is 11.3. The lowest BCUT2D eigenvalue weighted by atomic mass is 10.1. The van der Waals surface area contributed by atoms with Gasteiger partial charge in [-0.3, -0.25) is 0 Å². The molecule has 0 radical (unpaired) electrons. The fourth-order valence-corrected chi connectivity index (χ4v) is 3.72. The smallest absolute Gasteiger partial charge is 0.151 e. The Bertz CT molecular complexity index is 319. The van der Waals surface area contributed by atoms with Gasteiger partial charge in [0, 0.05) is 24.7 Å². The Morgan fingerprint density at radius 1 is 1.38 bits per heavy atom. The molecular weight excluding hydrogens is 224 g/mol. The third-order valence-electron chi connectivity index (χ3n) is 2.95. The van der Waals surface area contributed by atoms with Gasteiger partial charge in [0.2, 0.25) is 0 Å². The van der Waals surface area contributed by atoms with Gasteiger partial charge in [-0.2, -0.15) is 0 Å². The molecule has 4 nitrogen and oxygen atoms in total. The summed E-state index contributed by atoms with van der Waals surface area (Å²) in [7, 11) is -0.746. The van der Waals surface area contributed by atoms with Gasteiger partial charge in [-0.15, -0.1) is 0 Å². The summed E-state index contributed by atoms with van der Waals surface area (Å²) >= 11 is 0. The van der Waals surface area contributed by atoms with Crippen LogP contribution in [0.4, 0.5) is 0 Å². The molecule has 1 rings (SSSR count). The highest BCUT2D eigenvalue weighted by atomic mass is 32.2. The Balaban J connectivity index is 2.29. The minimum atomic E-state index is -2.76. The van der Waals surface area contributed by atoms with Crippen LogP contribution in [-0.2, 0) is 9.84 Å².